The molecule has 0 unspecified atom stereocenters. The summed E-state index contributed by atoms with van der Waals surface area (Å²) >= 11 is 6.12. The van der Waals surface area contributed by atoms with Crippen molar-refractivity contribution in [2.75, 3.05) is 4.90 Å². The second kappa shape index (κ2) is 7.41. The van der Waals surface area contributed by atoms with Crippen LogP contribution in [0.15, 0.2) is 30.3 Å². The van der Waals surface area contributed by atoms with Gasteiger partial charge in [-0.15, -0.1) is 5.10 Å². The molecule has 0 aliphatic heterocycles. The molecule has 6 nitrogen and oxygen atoms in total. The molecule has 0 saturated heterocycles. The third-order valence-corrected chi connectivity index (χ3v) is 4.20. The first-order valence-electron chi connectivity index (χ1n) is 8.59. The normalized spacial score (nSPS) is 11.3. The molecule has 136 valence electrons. The van der Waals surface area contributed by atoms with Crippen LogP contribution < -0.4 is 4.90 Å². The van der Waals surface area contributed by atoms with Crippen molar-refractivity contribution in [2.24, 2.45) is 5.92 Å². The molecule has 0 bridgehead atoms. The van der Waals surface area contributed by atoms with Gasteiger partial charge in [0.05, 0.1) is 6.54 Å². The van der Waals surface area contributed by atoms with E-state index in [-0.39, 0.29) is 18.4 Å². The summed E-state index contributed by atoms with van der Waals surface area (Å²) in [6, 6.07) is 9.22. The molecule has 3 aromatic rings. The fourth-order valence-electron chi connectivity index (χ4n) is 2.84. The summed E-state index contributed by atoms with van der Waals surface area (Å²) in [4.78, 5) is 23.4. The van der Waals surface area contributed by atoms with Gasteiger partial charge in [0, 0.05) is 28.5 Å². The highest BCUT2D eigenvalue weighted by Gasteiger charge is 2.20. The number of hydrogen-bond donors (Lipinski definition) is 0. The molecular weight excluding hydrogens is 350 g/mol. The van der Waals surface area contributed by atoms with Gasteiger partial charge in [0.2, 0.25) is 5.91 Å². The number of benzene rings is 1. The smallest absolute Gasteiger partial charge is 0.252 e. The van der Waals surface area contributed by atoms with Gasteiger partial charge < -0.3 is 4.90 Å². The van der Waals surface area contributed by atoms with E-state index < -0.39 is 0 Å². The Bertz CT molecular complexity index is 950. The van der Waals surface area contributed by atoms with Crippen LogP contribution in [0.4, 0.5) is 5.69 Å². The van der Waals surface area contributed by atoms with Crippen molar-refractivity contribution in [3.05, 3.63) is 52.6 Å². The molecule has 7 heteroatoms. The van der Waals surface area contributed by atoms with Crippen LogP contribution in [-0.2, 0) is 11.3 Å². The number of fused-ring (bicyclic) bond motifs is 1. The van der Waals surface area contributed by atoms with E-state index in [1.54, 1.807) is 21.5 Å². The molecule has 0 atom stereocenters. The number of rotatable bonds is 5. The molecule has 2 aromatic heterocycles. The molecular formula is C19H22ClN5O. The van der Waals surface area contributed by atoms with Crippen molar-refractivity contribution in [3.63, 3.8) is 0 Å². The average Bonchev–Trinajstić information content (AvgIpc) is 2.94. The zero-order chi connectivity index (χ0) is 18.8. The van der Waals surface area contributed by atoms with E-state index in [1.807, 2.05) is 45.9 Å². The van der Waals surface area contributed by atoms with Crippen molar-refractivity contribution < 1.29 is 4.79 Å². The zero-order valence-electron chi connectivity index (χ0n) is 15.4. The number of aryl methyl sites for hydroxylation is 2. The first-order chi connectivity index (χ1) is 12.3. The zero-order valence-corrected chi connectivity index (χ0v) is 16.2. The maximum Gasteiger partial charge on any atom is 0.252 e. The number of hydrogen-bond acceptors (Lipinski definition) is 4. The summed E-state index contributed by atoms with van der Waals surface area (Å²) in [5.74, 6) is 1.36. The molecule has 26 heavy (non-hydrogen) atoms. The van der Waals surface area contributed by atoms with E-state index in [2.05, 4.69) is 15.1 Å². The minimum Gasteiger partial charge on any atom is -0.305 e. The number of halogens is 1. The molecule has 0 spiro atoms. The predicted octanol–water partition coefficient (Wildman–Crippen LogP) is 3.97. The second-order valence-electron chi connectivity index (χ2n) is 6.84. The van der Waals surface area contributed by atoms with Crippen LogP contribution in [0.1, 0.15) is 37.5 Å². The summed E-state index contributed by atoms with van der Waals surface area (Å²) in [5.41, 5.74) is 2.58. The number of carbonyl (C=O) groups excluding carboxylic acids is 1. The summed E-state index contributed by atoms with van der Waals surface area (Å²) in [5, 5.41) is 5.10. The van der Waals surface area contributed by atoms with E-state index in [0.29, 0.717) is 23.0 Å². The Hall–Kier alpha value is -2.47. The van der Waals surface area contributed by atoms with Gasteiger partial charge in [-0.3, -0.25) is 4.79 Å². The maximum absolute atomic E-state index is 12.8. The van der Waals surface area contributed by atoms with Crippen LogP contribution in [0.25, 0.3) is 5.78 Å². The van der Waals surface area contributed by atoms with Crippen LogP contribution >= 0.6 is 11.6 Å². The minimum absolute atomic E-state index is 0.0157. The molecule has 0 aliphatic rings. The Morgan fingerprint density at radius 2 is 2.00 bits per heavy atom. The Balaban J connectivity index is 1.97. The van der Waals surface area contributed by atoms with Crippen LogP contribution in [-0.4, -0.2) is 25.5 Å². The number of carbonyl (C=O) groups is 1. The van der Waals surface area contributed by atoms with E-state index in [9.17, 15) is 4.79 Å². The second-order valence-corrected chi connectivity index (χ2v) is 7.27. The van der Waals surface area contributed by atoms with E-state index >= 15 is 0 Å². The minimum atomic E-state index is 0.0157. The van der Waals surface area contributed by atoms with Gasteiger partial charge in [-0.2, -0.15) is 4.98 Å². The monoisotopic (exact) mass is 371 g/mol. The summed E-state index contributed by atoms with van der Waals surface area (Å²) < 4.78 is 1.70. The number of anilines is 1. The van der Waals surface area contributed by atoms with Gasteiger partial charge in [0.25, 0.3) is 5.78 Å². The lowest BCUT2D eigenvalue weighted by atomic mass is 10.1. The molecule has 1 aromatic carbocycles. The van der Waals surface area contributed by atoms with Crippen LogP contribution in [0.3, 0.4) is 0 Å². The maximum atomic E-state index is 12.8. The third-order valence-electron chi connectivity index (χ3n) is 3.97. The number of aromatic nitrogens is 4. The average molecular weight is 372 g/mol. The topological polar surface area (TPSA) is 63.4 Å². The van der Waals surface area contributed by atoms with Crippen molar-refractivity contribution in [3.8, 4) is 0 Å². The molecule has 0 fully saturated rings. The summed E-state index contributed by atoms with van der Waals surface area (Å²) in [7, 11) is 0. The Morgan fingerprint density at radius 1 is 1.23 bits per heavy atom. The molecule has 1 amide bonds. The van der Waals surface area contributed by atoms with Crippen molar-refractivity contribution in [1.29, 1.82) is 0 Å². The Kier molecular flexibility index (Phi) is 5.23. The van der Waals surface area contributed by atoms with E-state index in [1.165, 1.54) is 0 Å². The van der Waals surface area contributed by atoms with Gasteiger partial charge in [0.1, 0.15) is 0 Å². The van der Waals surface area contributed by atoms with Crippen molar-refractivity contribution in [2.45, 2.75) is 40.7 Å². The first-order valence-corrected chi connectivity index (χ1v) is 8.97. The highest BCUT2D eigenvalue weighted by Crippen LogP contribution is 2.23. The van der Waals surface area contributed by atoms with Gasteiger partial charge in [-0.05, 0) is 44.0 Å². The largest absolute Gasteiger partial charge is 0.305 e. The van der Waals surface area contributed by atoms with Gasteiger partial charge >= 0.3 is 0 Å². The van der Waals surface area contributed by atoms with Crippen LogP contribution in [0, 0.1) is 19.8 Å². The summed E-state index contributed by atoms with van der Waals surface area (Å²) in [6.45, 7) is 8.19. The molecule has 0 N–H and O–H groups in total. The Labute approximate surface area is 157 Å². The molecule has 0 saturated carbocycles. The van der Waals surface area contributed by atoms with E-state index in [4.69, 9.17) is 11.6 Å². The van der Waals surface area contributed by atoms with Crippen LogP contribution in [0.2, 0.25) is 5.02 Å². The predicted molar refractivity (Wildman–Crippen MR) is 102 cm³/mol. The molecule has 3 rings (SSSR count). The van der Waals surface area contributed by atoms with Gasteiger partial charge in [-0.1, -0.05) is 31.5 Å². The lowest BCUT2D eigenvalue weighted by Gasteiger charge is -2.22. The fourth-order valence-corrected chi connectivity index (χ4v) is 3.03. The first kappa shape index (κ1) is 18.3. The lowest BCUT2D eigenvalue weighted by Crippen LogP contribution is -2.31. The lowest BCUT2D eigenvalue weighted by molar-refractivity contribution is -0.119. The molecule has 0 aliphatic carbocycles. The summed E-state index contributed by atoms with van der Waals surface area (Å²) in [6.07, 6.45) is 0.441. The highest BCUT2D eigenvalue weighted by atomic mass is 35.5. The van der Waals surface area contributed by atoms with Gasteiger partial charge in [-0.25, -0.2) is 9.50 Å². The molecule has 2 heterocycles. The quantitative estimate of drug-likeness (QED) is 0.680. The van der Waals surface area contributed by atoms with Crippen molar-refractivity contribution >= 4 is 29.0 Å². The Morgan fingerprint density at radius 3 is 2.69 bits per heavy atom. The number of nitrogens with zero attached hydrogens (tertiary/aromatic N) is 5. The highest BCUT2D eigenvalue weighted by molar-refractivity contribution is 6.30. The van der Waals surface area contributed by atoms with E-state index in [0.717, 1.165) is 17.1 Å². The SMILES string of the molecule is Cc1cc(C)n2nc(CN(C(=O)CC(C)C)c3cccc(Cl)c3)nc2n1. The number of amides is 1. The standard InChI is InChI=1S/C19H22ClN5O/c1-12(2)8-18(26)24(16-7-5-6-15(20)10-16)11-17-22-19-21-13(3)9-14(4)25(19)23-17/h5-7,9-10,12H,8,11H2,1-4H3. The van der Waals surface area contributed by atoms with Crippen LogP contribution in [0.5, 0.6) is 0 Å². The molecule has 0 radical (unpaired) electrons. The van der Waals surface area contributed by atoms with Gasteiger partial charge in [0.15, 0.2) is 5.82 Å². The third kappa shape index (κ3) is 4.02. The fraction of sp³-hybridized carbons (Fsp3) is 0.368. The van der Waals surface area contributed by atoms with Crippen molar-refractivity contribution in [1.82, 2.24) is 19.6 Å².